The normalized spacial score (nSPS) is 17.3. The van der Waals surface area contributed by atoms with Gasteiger partial charge in [-0.3, -0.25) is 24.1 Å². The monoisotopic (exact) mass is 1020 g/mol. The van der Waals surface area contributed by atoms with E-state index in [-0.39, 0.29) is 48.5 Å². The summed E-state index contributed by atoms with van der Waals surface area (Å²) in [5, 5.41) is 25.6. The van der Waals surface area contributed by atoms with Crippen LogP contribution in [-0.4, -0.2) is 93.8 Å². The predicted octanol–water partition coefficient (Wildman–Crippen LogP) is 8.86. The first-order valence-corrected chi connectivity index (χ1v) is 25.1. The van der Waals surface area contributed by atoms with Crippen molar-refractivity contribution >= 4 is 63.7 Å². The van der Waals surface area contributed by atoms with E-state index in [0.717, 1.165) is 70.8 Å². The van der Waals surface area contributed by atoms with Gasteiger partial charge in [0.1, 0.15) is 23.4 Å². The molecule has 0 spiro atoms. The first kappa shape index (κ1) is 54.4. The average molecular weight is 1020 g/mol. The molecule has 0 radical (unpaired) electrons. The van der Waals surface area contributed by atoms with Crippen molar-refractivity contribution in [3.63, 3.8) is 0 Å². The number of aromatic nitrogens is 1. The van der Waals surface area contributed by atoms with E-state index in [9.17, 15) is 42.7 Å². The number of nitrogens with one attached hydrogen (secondary N) is 2. The number of carbonyl (C=O) groups excluding carboxylic acids is 4. The number of likely N-dealkylation sites (tertiary alicyclic amines) is 1. The lowest BCUT2D eigenvalue weighted by Crippen LogP contribution is -2.57. The number of thiazole rings is 1. The van der Waals surface area contributed by atoms with E-state index in [4.69, 9.17) is 21.7 Å². The minimum Gasteiger partial charge on any atom is -0.494 e. The second-order valence-electron chi connectivity index (χ2n) is 19.4. The molecular weight excluding hydrogens is 956 g/mol. The van der Waals surface area contributed by atoms with Crippen LogP contribution in [-0.2, 0) is 36.6 Å². The molecule has 71 heavy (non-hydrogen) atoms. The van der Waals surface area contributed by atoms with Crippen LogP contribution in [0.4, 0.5) is 24.5 Å². The molecule has 2 aliphatic rings. The number of rotatable bonds is 21. The quantitative estimate of drug-likeness (QED) is 0.0537. The Morgan fingerprint density at radius 1 is 0.958 bits per heavy atom. The molecule has 2 fully saturated rings. The summed E-state index contributed by atoms with van der Waals surface area (Å²) in [4.78, 5) is 63.5. The fourth-order valence-corrected chi connectivity index (χ4v) is 9.94. The molecule has 2 aliphatic heterocycles. The van der Waals surface area contributed by atoms with Gasteiger partial charge in [0.15, 0.2) is 5.11 Å². The number of aliphatic hydroxyl groups excluding tert-OH is 1. The van der Waals surface area contributed by atoms with Crippen molar-refractivity contribution in [2.24, 2.45) is 5.41 Å². The molecule has 3 aromatic carbocycles. The minimum atomic E-state index is -4.79. The summed E-state index contributed by atoms with van der Waals surface area (Å²) in [6.45, 7) is 12.7. The molecule has 4 aromatic rings. The minimum absolute atomic E-state index is 0.00116. The molecule has 14 nitrogen and oxygen atoms in total. The molecule has 0 bridgehead atoms. The SMILES string of the molecule is Cc1ncsc1-c1ccc(CNC(=O)[C@@H]2C[C@@H](O)CN2C(=O)[C@@H](NC(=O)CCCCCOCCCCCOc2ccc(N3C(=S)N(c4ccc(C#N)c(C(F)(F)F)c4)C(=O)C3(C)C)cc2)C(C)(C)C)cc1. The van der Waals surface area contributed by atoms with Crippen molar-refractivity contribution in [1.29, 1.82) is 5.26 Å². The van der Waals surface area contributed by atoms with Crippen LogP contribution in [0, 0.1) is 23.7 Å². The smallest absolute Gasteiger partial charge is 0.417 e. The van der Waals surface area contributed by atoms with Gasteiger partial charge in [-0.1, -0.05) is 51.5 Å². The van der Waals surface area contributed by atoms with E-state index in [0.29, 0.717) is 37.7 Å². The van der Waals surface area contributed by atoms with E-state index < -0.39 is 58.3 Å². The van der Waals surface area contributed by atoms with Gasteiger partial charge in [-0.05, 0) is 124 Å². The summed E-state index contributed by atoms with van der Waals surface area (Å²) < 4.78 is 52.9. The van der Waals surface area contributed by atoms with E-state index in [1.807, 2.05) is 57.5 Å². The van der Waals surface area contributed by atoms with Crippen molar-refractivity contribution in [3.8, 4) is 22.3 Å². The van der Waals surface area contributed by atoms with Crippen LogP contribution in [0.25, 0.3) is 10.4 Å². The van der Waals surface area contributed by atoms with Crippen LogP contribution in [0.2, 0.25) is 0 Å². The number of anilines is 2. The van der Waals surface area contributed by atoms with Gasteiger partial charge >= 0.3 is 6.18 Å². The predicted molar refractivity (Wildman–Crippen MR) is 270 cm³/mol. The highest BCUT2D eigenvalue weighted by Crippen LogP contribution is 2.40. The Morgan fingerprint density at radius 2 is 1.61 bits per heavy atom. The summed E-state index contributed by atoms with van der Waals surface area (Å²) in [5.41, 5.74) is 1.62. The molecule has 0 unspecified atom stereocenters. The van der Waals surface area contributed by atoms with Crippen LogP contribution in [0.5, 0.6) is 5.75 Å². The van der Waals surface area contributed by atoms with Gasteiger partial charge in [0.2, 0.25) is 17.7 Å². The van der Waals surface area contributed by atoms with Crippen molar-refractivity contribution in [1.82, 2.24) is 20.5 Å². The Kier molecular flexibility index (Phi) is 18.0. The standard InChI is InChI=1S/C52H62F3N7O7S2/c1-33-44(71-32-58-33)35-16-14-34(15-17-35)30-57-46(65)42-28-39(63)31-60(42)47(66)45(50(2,3)4)59-43(64)13-9-7-10-24-68-25-11-8-12-26-69-40-22-20-37(21-23-40)62-49(70)61(48(67)51(62,5)6)38-19-18-36(29-56)41(27-38)52(53,54)55/h14-23,27,32,39,42,45,63H,7-13,24-26,28,30-31H2,1-6H3,(H,57,65)(H,59,64)/t39-,42+,45-/m1/s1. The maximum absolute atomic E-state index is 14.0. The number of nitrogens with zero attached hydrogens (tertiary/aromatic N) is 5. The first-order chi connectivity index (χ1) is 33.6. The molecule has 19 heteroatoms. The fraction of sp³-hybridized carbons (Fsp3) is 0.481. The van der Waals surface area contributed by atoms with Gasteiger partial charge in [0.25, 0.3) is 5.91 Å². The number of carbonyl (C=O) groups is 4. The van der Waals surface area contributed by atoms with Crippen molar-refractivity contribution in [2.75, 3.05) is 36.2 Å². The van der Waals surface area contributed by atoms with Gasteiger partial charge < -0.3 is 35.0 Å². The fourth-order valence-electron chi connectivity index (χ4n) is 8.61. The highest BCUT2D eigenvalue weighted by molar-refractivity contribution is 7.81. The largest absolute Gasteiger partial charge is 0.494 e. The van der Waals surface area contributed by atoms with Crippen LogP contribution in [0.3, 0.4) is 0 Å². The van der Waals surface area contributed by atoms with Gasteiger partial charge in [-0.2, -0.15) is 18.4 Å². The van der Waals surface area contributed by atoms with Crippen LogP contribution >= 0.6 is 23.6 Å². The van der Waals surface area contributed by atoms with Crippen LogP contribution in [0.1, 0.15) is 108 Å². The topological polar surface area (TPSA) is 177 Å². The zero-order valence-corrected chi connectivity index (χ0v) is 42.6. The number of hydrogen-bond donors (Lipinski definition) is 3. The first-order valence-electron chi connectivity index (χ1n) is 23.8. The number of amides is 4. The molecule has 380 valence electrons. The number of ether oxygens (including phenoxy) is 2. The van der Waals surface area contributed by atoms with Gasteiger partial charge in [0.05, 0.1) is 51.7 Å². The summed E-state index contributed by atoms with van der Waals surface area (Å²) in [7, 11) is 0. The number of alkyl halides is 3. The summed E-state index contributed by atoms with van der Waals surface area (Å²) in [5.74, 6) is -0.927. The van der Waals surface area contributed by atoms with Crippen molar-refractivity contribution in [2.45, 2.75) is 129 Å². The number of nitriles is 1. The third-order valence-corrected chi connectivity index (χ3v) is 13.9. The maximum atomic E-state index is 14.0. The summed E-state index contributed by atoms with van der Waals surface area (Å²) >= 11 is 7.20. The lowest BCUT2D eigenvalue weighted by Gasteiger charge is -2.35. The third-order valence-electron chi connectivity index (χ3n) is 12.6. The molecule has 2 saturated heterocycles. The molecule has 1 aromatic heterocycles. The molecule has 0 saturated carbocycles. The lowest BCUT2D eigenvalue weighted by molar-refractivity contribution is -0.144. The van der Waals surface area contributed by atoms with Crippen LogP contribution in [0.15, 0.2) is 72.2 Å². The number of hydrogen-bond acceptors (Lipinski definition) is 11. The highest BCUT2D eigenvalue weighted by Gasteiger charge is 2.51. The number of aliphatic hydroxyl groups is 1. The Balaban J connectivity index is 0.851. The van der Waals surface area contributed by atoms with Gasteiger partial charge in [0, 0.05) is 44.8 Å². The molecule has 0 aliphatic carbocycles. The molecule has 3 N–H and O–H groups in total. The van der Waals surface area contributed by atoms with Gasteiger partial charge in [-0.25, -0.2) is 4.98 Å². The van der Waals surface area contributed by atoms with E-state index in [1.165, 1.54) is 11.0 Å². The molecule has 4 amide bonds. The van der Waals surface area contributed by atoms with E-state index in [2.05, 4.69) is 15.6 Å². The summed E-state index contributed by atoms with van der Waals surface area (Å²) in [6.07, 6.45) is -0.685. The average Bonchev–Trinajstić information content (AvgIpc) is 3.99. The second kappa shape index (κ2) is 23.5. The van der Waals surface area contributed by atoms with Crippen molar-refractivity contribution < 1.29 is 46.9 Å². The maximum Gasteiger partial charge on any atom is 0.417 e. The van der Waals surface area contributed by atoms with Gasteiger partial charge in [-0.15, -0.1) is 11.3 Å². The molecule has 3 heterocycles. The second-order valence-corrected chi connectivity index (χ2v) is 20.6. The van der Waals surface area contributed by atoms with Crippen molar-refractivity contribution in [3.05, 3.63) is 94.6 Å². The number of aryl methyl sites for hydroxylation is 1. The third kappa shape index (κ3) is 13.5. The number of thiocarbonyl (C=S) groups is 1. The lowest BCUT2D eigenvalue weighted by atomic mass is 9.85. The zero-order chi connectivity index (χ0) is 51.7. The number of unbranched alkanes of at least 4 members (excludes halogenated alkanes) is 4. The Labute approximate surface area is 422 Å². The van der Waals surface area contributed by atoms with E-state index in [1.54, 1.807) is 60.4 Å². The molecule has 6 rings (SSSR count). The van der Waals surface area contributed by atoms with Crippen LogP contribution < -0.4 is 25.2 Å². The molecule has 3 atom stereocenters. The number of halogens is 3. The Bertz CT molecular complexity index is 2580. The zero-order valence-electron chi connectivity index (χ0n) is 40.9. The number of β-amino-alcohol motifs (C(OH)–C–C–N with tert-alkyl or cyclic N) is 1. The Morgan fingerprint density at radius 3 is 2.23 bits per heavy atom. The molecular formula is C52H62F3N7O7S2. The number of benzene rings is 3. The van der Waals surface area contributed by atoms with E-state index >= 15 is 0 Å². The highest BCUT2D eigenvalue weighted by atomic mass is 32.1. The Hall–Kier alpha value is -5.94. The summed E-state index contributed by atoms with van der Waals surface area (Å²) in [6, 6.07) is 17.7.